The molecule has 0 unspecified atom stereocenters. The Kier molecular flexibility index (Phi) is 7.67. The molecule has 1 aliphatic rings. The number of aromatic nitrogens is 2. The summed E-state index contributed by atoms with van der Waals surface area (Å²) in [5.41, 5.74) is 0.0712. The summed E-state index contributed by atoms with van der Waals surface area (Å²) in [4.78, 5) is 41.2. The normalized spacial score (nSPS) is 19.6. The fourth-order valence-corrected chi connectivity index (χ4v) is 3.95. The van der Waals surface area contributed by atoms with Crippen LogP contribution in [0.4, 0.5) is 0 Å². The first kappa shape index (κ1) is 24.4. The van der Waals surface area contributed by atoms with Crippen LogP contribution < -0.4 is 5.69 Å². The van der Waals surface area contributed by atoms with Crippen molar-refractivity contribution in [2.24, 2.45) is 0 Å². The van der Waals surface area contributed by atoms with Crippen molar-refractivity contribution in [1.82, 2.24) is 9.55 Å². The number of hydrogen-bond acceptors (Lipinski definition) is 7. The van der Waals surface area contributed by atoms with Crippen molar-refractivity contribution in [3.8, 4) is 0 Å². The Hall–Kier alpha value is -2.72. The van der Waals surface area contributed by atoms with Crippen LogP contribution in [0.15, 0.2) is 70.2 Å². The third-order valence-corrected chi connectivity index (χ3v) is 5.98. The Labute approximate surface area is 212 Å². The second-order valence-electron chi connectivity index (χ2n) is 7.38. The molecule has 0 spiro atoms. The van der Waals surface area contributed by atoms with Crippen molar-refractivity contribution in [1.29, 1.82) is 0 Å². The predicted octanol–water partition coefficient (Wildman–Crippen LogP) is 4.68. The lowest BCUT2D eigenvalue weighted by atomic mass is 10.1. The van der Waals surface area contributed by atoms with Crippen LogP contribution in [0.1, 0.15) is 33.4 Å². The number of carbonyl (C=O) groups excluding carboxylic acids is 2. The summed E-state index contributed by atoms with van der Waals surface area (Å²) in [7, 11) is 0. The van der Waals surface area contributed by atoms with Gasteiger partial charge in [-0.2, -0.15) is 0 Å². The second-order valence-corrected chi connectivity index (χ2v) is 9.17. The maximum Gasteiger partial charge on any atom is 0.349 e. The quantitative estimate of drug-likeness (QED) is 0.399. The smallest absolute Gasteiger partial charge is 0.349 e. The Balaban J connectivity index is 1.51. The minimum atomic E-state index is -0.816. The summed E-state index contributed by atoms with van der Waals surface area (Å²) < 4.78 is 18.9. The van der Waals surface area contributed by atoms with E-state index in [9.17, 15) is 14.4 Å². The van der Waals surface area contributed by atoms with Crippen molar-refractivity contribution in [3.05, 3.63) is 97.1 Å². The Morgan fingerprint density at radius 2 is 1.62 bits per heavy atom. The van der Waals surface area contributed by atoms with Gasteiger partial charge in [-0.25, -0.2) is 19.4 Å². The number of nitrogens with zero attached hydrogens (tertiary/aromatic N) is 2. The van der Waals surface area contributed by atoms with E-state index in [1.165, 1.54) is 41.2 Å². The SMILES string of the molecule is O=C(OC[C@H]1O[C@H](n2cc(Br)cnc2=O)C[C@@H]1OC(=O)c1ccc(Cl)cc1)c1ccc(Cl)cc1. The fourth-order valence-electron chi connectivity index (χ4n) is 3.38. The van der Waals surface area contributed by atoms with Gasteiger partial charge in [0, 0.05) is 28.9 Å². The fraction of sp³-hybridized carbons (Fsp3) is 0.217. The van der Waals surface area contributed by atoms with E-state index < -0.39 is 36.1 Å². The second kappa shape index (κ2) is 10.7. The number of ether oxygens (including phenoxy) is 3. The molecule has 34 heavy (non-hydrogen) atoms. The van der Waals surface area contributed by atoms with Gasteiger partial charge in [-0.1, -0.05) is 23.2 Å². The van der Waals surface area contributed by atoms with E-state index in [1.807, 2.05) is 0 Å². The van der Waals surface area contributed by atoms with Crippen LogP contribution in [0.2, 0.25) is 10.0 Å². The minimum absolute atomic E-state index is 0.153. The first-order chi connectivity index (χ1) is 16.3. The average Bonchev–Trinajstić information content (AvgIpc) is 3.22. The minimum Gasteiger partial charge on any atom is -0.459 e. The Bertz CT molecular complexity index is 1250. The molecule has 1 aromatic heterocycles. The number of halogens is 3. The summed E-state index contributed by atoms with van der Waals surface area (Å²) in [6.45, 7) is -0.202. The van der Waals surface area contributed by atoms with Gasteiger partial charge in [0.15, 0.2) is 0 Å². The number of esters is 2. The lowest BCUT2D eigenvalue weighted by Gasteiger charge is -2.19. The molecule has 2 heterocycles. The van der Waals surface area contributed by atoms with Crippen LogP contribution in [-0.4, -0.2) is 40.3 Å². The lowest BCUT2D eigenvalue weighted by Crippen LogP contribution is -2.32. The standard InChI is InChI=1S/C23H17BrCl2N2O6/c24-15-10-27-23(31)28(11-15)20-9-18(34-22(30)14-3-7-17(26)8-4-14)19(33-20)12-32-21(29)13-1-5-16(25)6-2-13/h1-8,10-11,18-20H,9,12H2/t18-,19+,20-/m0/s1. The van der Waals surface area contributed by atoms with Crippen molar-refractivity contribution in [2.45, 2.75) is 24.9 Å². The molecular weight excluding hydrogens is 551 g/mol. The molecular formula is C23H17BrCl2N2O6. The van der Waals surface area contributed by atoms with Crippen LogP contribution in [0.25, 0.3) is 0 Å². The van der Waals surface area contributed by atoms with Crippen LogP contribution in [0, 0.1) is 0 Å². The van der Waals surface area contributed by atoms with Crippen LogP contribution >= 0.6 is 39.1 Å². The molecule has 176 valence electrons. The molecule has 0 radical (unpaired) electrons. The first-order valence-electron chi connectivity index (χ1n) is 10.1. The van der Waals surface area contributed by atoms with Gasteiger partial charge < -0.3 is 14.2 Å². The van der Waals surface area contributed by atoms with Crippen LogP contribution in [-0.2, 0) is 14.2 Å². The molecule has 0 aliphatic carbocycles. The highest BCUT2D eigenvalue weighted by atomic mass is 79.9. The summed E-state index contributed by atoms with van der Waals surface area (Å²) in [6.07, 6.45) is 0.665. The van der Waals surface area contributed by atoms with Gasteiger partial charge >= 0.3 is 17.6 Å². The summed E-state index contributed by atoms with van der Waals surface area (Å²) in [5, 5.41) is 0.968. The zero-order valence-corrected chi connectivity index (χ0v) is 20.5. The van der Waals surface area contributed by atoms with Gasteiger partial charge in [0.2, 0.25) is 0 Å². The third-order valence-electron chi connectivity index (χ3n) is 5.07. The van der Waals surface area contributed by atoms with E-state index in [1.54, 1.807) is 24.3 Å². The molecule has 11 heteroatoms. The molecule has 3 atom stereocenters. The van der Waals surface area contributed by atoms with Crippen molar-refractivity contribution in [3.63, 3.8) is 0 Å². The summed E-state index contributed by atoms with van der Waals surface area (Å²) in [5.74, 6) is -1.19. The molecule has 0 N–H and O–H groups in total. The van der Waals surface area contributed by atoms with Gasteiger partial charge in [0.05, 0.1) is 15.6 Å². The molecule has 1 fully saturated rings. The zero-order valence-electron chi connectivity index (χ0n) is 17.4. The van der Waals surface area contributed by atoms with Crippen molar-refractivity contribution in [2.75, 3.05) is 6.61 Å². The zero-order chi connectivity index (χ0) is 24.2. The highest BCUT2D eigenvalue weighted by molar-refractivity contribution is 9.10. The van der Waals surface area contributed by atoms with E-state index in [4.69, 9.17) is 37.4 Å². The molecule has 0 bridgehead atoms. The van der Waals surface area contributed by atoms with Gasteiger partial charge in [-0.05, 0) is 64.5 Å². The van der Waals surface area contributed by atoms with Gasteiger partial charge in [0.1, 0.15) is 25.0 Å². The molecule has 3 aromatic rings. The van der Waals surface area contributed by atoms with Crippen molar-refractivity contribution < 1.29 is 23.8 Å². The number of rotatable bonds is 6. The van der Waals surface area contributed by atoms with Gasteiger partial charge in [-0.15, -0.1) is 0 Å². The topological polar surface area (TPSA) is 96.7 Å². The van der Waals surface area contributed by atoms with Gasteiger partial charge in [-0.3, -0.25) is 4.57 Å². The molecule has 1 aliphatic heterocycles. The number of hydrogen-bond donors (Lipinski definition) is 0. The van der Waals surface area contributed by atoms with Gasteiger partial charge in [0.25, 0.3) is 0 Å². The van der Waals surface area contributed by atoms with E-state index in [0.717, 1.165) is 0 Å². The maximum absolute atomic E-state index is 12.7. The number of benzene rings is 2. The molecule has 4 rings (SSSR count). The number of carbonyl (C=O) groups is 2. The van der Waals surface area contributed by atoms with E-state index >= 15 is 0 Å². The molecule has 1 saturated heterocycles. The summed E-state index contributed by atoms with van der Waals surface area (Å²) >= 11 is 15.0. The van der Waals surface area contributed by atoms with Crippen LogP contribution in [0.5, 0.6) is 0 Å². The average molecular weight is 568 g/mol. The highest BCUT2D eigenvalue weighted by Gasteiger charge is 2.40. The van der Waals surface area contributed by atoms with E-state index in [2.05, 4.69) is 20.9 Å². The lowest BCUT2D eigenvalue weighted by molar-refractivity contribution is -0.0582. The third kappa shape index (κ3) is 5.85. The highest BCUT2D eigenvalue weighted by Crippen LogP contribution is 2.31. The van der Waals surface area contributed by atoms with E-state index in [0.29, 0.717) is 25.6 Å². The molecule has 2 aromatic carbocycles. The Morgan fingerprint density at radius 3 is 2.24 bits per heavy atom. The summed E-state index contributed by atoms with van der Waals surface area (Å²) in [6, 6.07) is 12.4. The Morgan fingerprint density at radius 1 is 1.03 bits per heavy atom. The monoisotopic (exact) mass is 566 g/mol. The molecule has 0 amide bonds. The van der Waals surface area contributed by atoms with E-state index in [-0.39, 0.29) is 13.0 Å². The first-order valence-corrected chi connectivity index (χ1v) is 11.6. The van der Waals surface area contributed by atoms with Crippen molar-refractivity contribution >= 4 is 51.1 Å². The molecule has 8 nitrogen and oxygen atoms in total. The molecule has 0 saturated carbocycles. The van der Waals surface area contributed by atoms with Crippen LogP contribution in [0.3, 0.4) is 0 Å². The predicted molar refractivity (Wildman–Crippen MR) is 127 cm³/mol. The maximum atomic E-state index is 12.7. The largest absolute Gasteiger partial charge is 0.459 e.